The number of anilines is 4. The fourth-order valence-corrected chi connectivity index (χ4v) is 2.36. The van der Waals surface area contributed by atoms with Gasteiger partial charge in [0.05, 0.1) is 11.9 Å². The Morgan fingerprint density at radius 3 is 2.22 bits per heavy atom. The summed E-state index contributed by atoms with van der Waals surface area (Å²) in [6.07, 6.45) is 1.39. The fraction of sp³-hybridized carbons (Fsp3) is 0.211. The molecule has 0 atom stereocenters. The standard InChI is InChI=1S/C19H18F3N5/c1-19(2,3)11-4-6-12(7-5-11)24-15-10-23-27-18(26-15)25-14-9-8-13(20)16(21)17(14)22/h4-10H,1-3H3,(H2,24,25,26,27). The molecule has 2 N–H and O–H groups in total. The first-order valence-electron chi connectivity index (χ1n) is 8.22. The number of halogens is 3. The molecule has 27 heavy (non-hydrogen) atoms. The van der Waals surface area contributed by atoms with E-state index in [4.69, 9.17) is 0 Å². The monoisotopic (exact) mass is 373 g/mol. The first-order valence-corrected chi connectivity index (χ1v) is 8.22. The lowest BCUT2D eigenvalue weighted by Crippen LogP contribution is -2.10. The van der Waals surface area contributed by atoms with Gasteiger partial charge in [0.25, 0.3) is 0 Å². The fourth-order valence-electron chi connectivity index (χ4n) is 2.36. The molecule has 0 aliphatic rings. The number of nitrogens with zero attached hydrogens (tertiary/aromatic N) is 3. The minimum atomic E-state index is -1.57. The Kier molecular flexibility index (Phi) is 4.98. The van der Waals surface area contributed by atoms with Crippen LogP contribution in [0.5, 0.6) is 0 Å². The Labute approximate surface area is 154 Å². The van der Waals surface area contributed by atoms with E-state index >= 15 is 0 Å². The van der Waals surface area contributed by atoms with E-state index in [1.807, 2.05) is 24.3 Å². The van der Waals surface area contributed by atoms with Gasteiger partial charge in [-0.2, -0.15) is 10.1 Å². The zero-order chi connectivity index (χ0) is 19.6. The Hall–Kier alpha value is -3.16. The van der Waals surface area contributed by atoms with Crippen LogP contribution >= 0.6 is 0 Å². The lowest BCUT2D eigenvalue weighted by Gasteiger charge is -2.19. The van der Waals surface area contributed by atoms with E-state index in [1.165, 1.54) is 11.8 Å². The van der Waals surface area contributed by atoms with Crippen LogP contribution in [0.2, 0.25) is 0 Å². The number of aromatic nitrogens is 3. The Balaban J connectivity index is 1.77. The predicted molar refractivity (Wildman–Crippen MR) is 97.9 cm³/mol. The first kappa shape index (κ1) is 18.6. The minimum Gasteiger partial charge on any atom is -0.339 e. The van der Waals surface area contributed by atoms with Crippen LogP contribution in [-0.2, 0) is 5.41 Å². The molecule has 5 nitrogen and oxygen atoms in total. The summed E-state index contributed by atoms with van der Waals surface area (Å²) in [5.41, 5.74) is 1.72. The maximum absolute atomic E-state index is 13.8. The molecule has 1 aromatic heterocycles. The molecule has 2 aromatic carbocycles. The zero-order valence-electron chi connectivity index (χ0n) is 15.0. The molecule has 0 saturated heterocycles. The van der Waals surface area contributed by atoms with Crippen molar-refractivity contribution in [2.75, 3.05) is 10.6 Å². The van der Waals surface area contributed by atoms with Crippen molar-refractivity contribution in [3.05, 3.63) is 65.6 Å². The van der Waals surface area contributed by atoms with E-state index in [-0.39, 0.29) is 17.1 Å². The van der Waals surface area contributed by atoms with Crippen LogP contribution in [0.4, 0.5) is 36.3 Å². The summed E-state index contributed by atoms with van der Waals surface area (Å²) in [5.74, 6) is -3.89. The average Bonchev–Trinajstić information content (AvgIpc) is 2.62. The molecule has 8 heteroatoms. The van der Waals surface area contributed by atoms with E-state index in [1.54, 1.807) is 0 Å². The van der Waals surface area contributed by atoms with Crippen molar-refractivity contribution in [3.63, 3.8) is 0 Å². The Bertz CT molecular complexity index is 953. The third-order valence-electron chi connectivity index (χ3n) is 3.86. The van der Waals surface area contributed by atoms with Gasteiger partial charge in [0.1, 0.15) is 0 Å². The largest absolute Gasteiger partial charge is 0.339 e. The third-order valence-corrected chi connectivity index (χ3v) is 3.86. The van der Waals surface area contributed by atoms with Crippen LogP contribution in [0.25, 0.3) is 0 Å². The maximum Gasteiger partial charge on any atom is 0.249 e. The summed E-state index contributed by atoms with van der Waals surface area (Å²) in [5, 5.41) is 13.0. The second-order valence-corrected chi connectivity index (χ2v) is 6.97. The summed E-state index contributed by atoms with van der Waals surface area (Å²) in [7, 11) is 0. The molecule has 0 radical (unpaired) electrons. The van der Waals surface area contributed by atoms with Gasteiger partial charge in [-0.25, -0.2) is 13.2 Å². The Morgan fingerprint density at radius 1 is 0.852 bits per heavy atom. The average molecular weight is 373 g/mol. The lowest BCUT2D eigenvalue weighted by molar-refractivity contribution is 0.449. The van der Waals surface area contributed by atoms with Crippen molar-refractivity contribution in [1.82, 2.24) is 15.2 Å². The smallest absolute Gasteiger partial charge is 0.249 e. The van der Waals surface area contributed by atoms with E-state index in [9.17, 15) is 13.2 Å². The van der Waals surface area contributed by atoms with Crippen molar-refractivity contribution in [1.29, 1.82) is 0 Å². The van der Waals surface area contributed by atoms with Crippen molar-refractivity contribution in [2.45, 2.75) is 26.2 Å². The van der Waals surface area contributed by atoms with Crippen LogP contribution in [0.1, 0.15) is 26.3 Å². The summed E-state index contributed by atoms with van der Waals surface area (Å²) in [4.78, 5) is 4.15. The number of hydrogen-bond acceptors (Lipinski definition) is 5. The number of benzene rings is 2. The molecule has 3 aromatic rings. The van der Waals surface area contributed by atoms with E-state index in [2.05, 4.69) is 46.6 Å². The molecule has 1 heterocycles. The molecule has 0 fully saturated rings. The van der Waals surface area contributed by atoms with Gasteiger partial charge in [-0.3, -0.25) is 0 Å². The lowest BCUT2D eigenvalue weighted by atomic mass is 9.87. The molecular formula is C19H18F3N5. The highest BCUT2D eigenvalue weighted by Gasteiger charge is 2.15. The van der Waals surface area contributed by atoms with Gasteiger partial charge in [0.15, 0.2) is 23.3 Å². The van der Waals surface area contributed by atoms with Gasteiger partial charge in [-0.05, 0) is 35.2 Å². The zero-order valence-corrected chi connectivity index (χ0v) is 15.0. The molecule has 3 rings (SSSR count). The molecule has 0 saturated carbocycles. The molecule has 0 aliphatic carbocycles. The molecule has 140 valence electrons. The quantitative estimate of drug-likeness (QED) is 0.625. The molecular weight excluding hydrogens is 355 g/mol. The van der Waals surface area contributed by atoms with E-state index < -0.39 is 17.5 Å². The summed E-state index contributed by atoms with van der Waals surface area (Å²) >= 11 is 0. The molecule has 0 unspecified atom stereocenters. The van der Waals surface area contributed by atoms with Gasteiger partial charge >= 0.3 is 0 Å². The molecule has 0 spiro atoms. The number of hydrogen-bond donors (Lipinski definition) is 2. The summed E-state index contributed by atoms with van der Waals surface area (Å²) in [6, 6.07) is 9.70. The van der Waals surface area contributed by atoms with Crippen LogP contribution in [-0.4, -0.2) is 15.2 Å². The van der Waals surface area contributed by atoms with Gasteiger partial charge in [-0.15, -0.1) is 5.10 Å². The predicted octanol–water partition coefficient (Wildman–Crippen LogP) is 5.07. The summed E-state index contributed by atoms with van der Waals surface area (Å²) in [6.45, 7) is 6.37. The second kappa shape index (κ2) is 7.22. The SMILES string of the molecule is CC(C)(C)c1ccc(Nc2cnnc(Nc3ccc(F)c(F)c3F)n2)cc1. The first-order chi connectivity index (χ1) is 12.7. The maximum atomic E-state index is 13.8. The minimum absolute atomic E-state index is 0.0423. The normalized spacial score (nSPS) is 11.3. The van der Waals surface area contributed by atoms with E-state index in [0.29, 0.717) is 5.82 Å². The topological polar surface area (TPSA) is 62.7 Å². The second-order valence-electron chi connectivity index (χ2n) is 6.97. The van der Waals surface area contributed by atoms with Crippen LogP contribution in [0, 0.1) is 17.5 Å². The van der Waals surface area contributed by atoms with Crippen LogP contribution in [0.3, 0.4) is 0 Å². The molecule has 0 amide bonds. The van der Waals surface area contributed by atoms with Crippen LogP contribution in [0.15, 0.2) is 42.6 Å². The van der Waals surface area contributed by atoms with Crippen molar-refractivity contribution in [3.8, 4) is 0 Å². The highest BCUT2D eigenvalue weighted by molar-refractivity contribution is 5.59. The van der Waals surface area contributed by atoms with Crippen molar-refractivity contribution in [2.24, 2.45) is 0 Å². The third kappa shape index (κ3) is 4.33. The number of rotatable bonds is 4. The van der Waals surface area contributed by atoms with Crippen molar-refractivity contribution >= 4 is 23.1 Å². The van der Waals surface area contributed by atoms with Gasteiger partial charge < -0.3 is 10.6 Å². The van der Waals surface area contributed by atoms with E-state index in [0.717, 1.165) is 17.8 Å². The van der Waals surface area contributed by atoms with Gasteiger partial charge in [-0.1, -0.05) is 32.9 Å². The Morgan fingerprint density at radius 2 is 1.56 bits per heavy atom. The molecule has 0 bridgehead atoms. The number of nitrogens with one attached hydrogen (secondary N) is 2. The summed E-state index contributed by atoms with van der Waals surface area (Å²) < 4.78 is 40.1. The van der Waals surface area contributed by atoms with Gasteiger partial charge in [0.2, 0.25) is 5.95 Å². The van der Waals surface area contributed by atoms with Crippen LogP contribution < -0.4 is 10.6 Å². The highest BCUT2D eigenvalue weighted by atomic mass is 19.2. The van der Waals surface area contributed by atoms with Gasteiger partial charge in [0, 0.05) is 5.69 Å². The molecule has 0 aliphatic heterocycles. The highest BCUT2D eigenvalue weighted by Crippen LogP contribution is 2.25. The van der Waals surface area contributed by atoms with Crippen molar-refractivity contribution < 1.29 is 13.2 Å².